The SMILES string of the molecule is CCSC1CCCC1Nc1ccc(C#N)c([N+](=O)[O-])c1. The van der Waals surface area contributed by atoms with Crippen LogP contribution in [0.3, 0.4) is 0 Å². The van der Waals surface area contributed by atoms with Gasteiger partial charge >= 0.3 is 0 Å². The highest BCUT2D eigenvalue weighted by molar-refractivity contribution is 7.99. The third kappa shape index (κ3) is 3.23. The molecule has 0 heterocycles. The third-order valence-electron chi connectivity index (χ3n) is 3.50. The highest BCUT2D eigenvalue weighted by Crippen LogP contribution is 2.33. The quantitative estimate of drug-likeness (QED) is 0.663. The van der Waals surface area contributed by atoms with E-state index in [4.69, 9.17) is 5.26 Å². The smallest absolute Gasteiger partial charge is 0.289 e. The number of nitro groups is 1. The second-order valence-corrected chi connectivity index (χ2v) is 6.29. The van der Waals surface area contributed by atoms with Gasteiger partial charge in [-0.2, -0.15) is 17.0 Å². The highest BCUT2D eigenvalue weighted by Gasteiger charge is 2.27. The van der Waals surface area contributed by atoms with Crippen LogP contribution in [0, 0.1) is 21.4 Å². The Kier molecular flexibility index (Phi) is 4.85. The first-order valence-corrected chi connectivity index (χ1v) is 7.77. The lowest BCUT2D eigenvalue weighted by Crippen LogP contribution is -2.26. The predicted octanol–water partition coefficient (Wildman–Crippen LogP) is 3.55. The standard InChI is InChI=1S/C14H17N3O2S/c1-2-20-14-5-3-4-12(14)16-11-7-6-10(9-15)13(8-11)17(18)19/h6-8,12,14,16H,2-5H2,1H3. The van der Waals surface area contributed by atoms with Crippen LogP contribution in [0.1, 0.15) is 31.7 Å². The number of nitrogens with zero attached hydrogens (tertiary/aromatic N) is 2. The zero-order valence-electron chi connectivity index (χ0n) is 11.3. The zero-order valence-corrected chi connectivity index (χ0v) is 12.2. The lowest BCUT2D eigenvalue weighted by atomic mass is 10.1. The molecule has 1 aromatic carbocycles. The van der Waals surface area contributed by atoms with Gasteiger partial charge in [0.15, 0.2) is 0 Å². The van der Waals surface area contributed by atoms with Crippen LogP contribution in [0.2, 0.25) is 0 Å². The summed E-state index contributed by atoms with van der Waals surface area (Å²) < 4.78 is 0. The van der Waals surface area contributed by atoms with Crippen LogP contribution < -0.4 is 5.32 Å². The van der Waals surface area contributed by atoms with E-state index in [9.17, 15) is 10.1 Å². The van der Waals surface area contributed by atoms with Crippen molar-refractivity contribution in [1.82, 2.24) is 0 Å². The molecule has 0 spiro atoms. The molecule has 1 fully saturated rings. The van der Waals surface area contributed by atoms with E-state index >= 15 is 0 Å². The summed E-state index contributed by atoms with van der Waals surface area (Å²) in [5.41, 5.74) is 0.700. The maximum absolute atomic E-state index is 11.0. The van der Waals surface area contributed by atoms with E-state index in [1.165, 1.54) is 25.0 Å². The van der Waals surface area contributed by atoms with Gasteiger partial charge in [-0.25, -0.2) is 0 Å². The summed E-state index contributed by atoms with van der Waals surface area (Å²) in [6.07, 6.45) is 3.47. The number of thioether (sulfide) groups is 1. The maximum Gasteiger partial charge on any atom is 0.289 e. The minimum Gasteiger partial charge on any atom is -0.381 e. The van der Waals surface area contributed by atoms with Crippen LogP contribution in [0.25, 0.3) is 0 Å². The van der Waals surface area contributed by atoms with Gasteiger partial charge in [-0.1, -0.05) is 13.3 Å². The van der Waals surface area contributed by atoms with E-state index < -0.39 is 4.92 Å². The van der Waals surface area contributed by atoms with E-state index in [0.717, 1.165) is 17.9 Å². The number of benzene rings is 1. The van der Waals surface area contributed by atoms with E-state index in [1.54, 1.807) is 6.07 Å². The van der Waals surface area contributed by atoms with Gasteiger partial charge in [0.2, 0.25) is 0 Å². The van der Waals surface area contributed by atoms with E-state index in [0.29, 0.717) is 11.3 Å². The van der Waals surface area contributed by atoms with E-state index in [2.05, 4.69) is 12.2 Å². The predicted molar refractivity (Wildman–Crippen MR) is 81.0 cm³/mol. The Morgan fingerprint density at radius 1 is 1.55 bits per heavy atom. The van der Waals surface area contributed by atoms with Crippen molar-refractivity contribution in [3.05, 3.63) is 33.9 Å². The molecule has 2 unspecified atom stereocenters. The van der Waals surface area contributed by atoms with Crippen molar-refractivity contribution >= 4 is 23.1 Å². The Hall–Kier alpha value is -1.74. The molecule has 0 radical (unpaired) electrons. The fourth-order valence-electron chi connectivity index (χ4n) is 2.59. The summed E-state index contributed by atoms with van der Waals surface area (Å²) >= 11 is 1.94. The first-order valence-electron chi connectivity index (χ1n) is 6.72. The van der Waals surface area contributed by atoms with E-state index in [1.807, 2.05) is 17.8 Å². The van der Waals surface area contributed by atoms with Crippen LogP contribution in [-0.4, -0.2) is 22.0 Å². The van der Waals surface area contributed by atoms with Crippen molar-refractivity contribution in [2.75, 3.05) is 11.1 Å². The highest BCUT2D eigenvalue weighted by atomic mass is 32.2. The molecule has 0 aliphatic heterocycles. The number of nitro benzene ring substituents is 1. The van der Waals surface area contributed by atoms with E-state index in [-0.39, 0.29) is 11.3 Å². The van der Waals surface area contributed by atoms with Crippen LogP contribution in [0.15, 0.2) is 18.2 Å². The molecule has 0 amide bonds. The van der Waals surface area contributed by atoms with Gasteiger partial charge in [0, 0.05) is 23.0 Å². The maximum atomic E-state index is 11.0. The fraction of sp³-hybridized carbons (Fsp3) is 0.500. The monoisotopic (exact) mass is 291 g/mol. The van der Waals surface area contributed by atoms with Crippen LogP contribution in [-0.2, 0) is 0 Å². The van der Waals surface area contributed by atoms with Crippen molar-refractivity contribution in [1.29, 1.82) is 5.26 Å². The topological polar surface area (TPSA) is 79.0 Å². The van der Waals surface area contributed by atoms with Crippen molar-refractivity contribution < 1.29 is 4.92 Å². The molecule has 1 N–H and O–H groups in total. The summed E-state index contributed by atoms with van der Waals surface area (Å²) in [4.78, 5) is 10.5. The minimum atomic E-state index is -0.503. The molecule has 106 valence electrons. The summed E-state index contributed by atoms with van der Waals surface area (Å²) in [6, 6.07) is 6.93. The average Bonchev–Trinajstić information content (AvgIpc) is 2.86. The first kappa shape index (κ1) is 14.7. The minimum absolute atomic E-state index is 0.103. The number of anilines is 1. The molecule has 2 rings (SSSR count). The Balaban J connectivity index is 2.16. The van der Waals surface area contributed by atoms with Gasteiger partial charge in [-0.3, -0.25) is 10.1 Å². The van der Waals surface area contributed by atoms with Gasteiger partial charge in [0.25, 0.3) is 5.69 Å². The Morgan fingerprint density at radius 2 is 2.35 bits per heavy atom. The normalized spacial score (nSPS) is 21.4. The molecule has 6 heteroatoms. The fourth-order valence-corrected chi connectivity index (χ4v) is 3.78. The molecule has 1 saturated carbocycles. The lowest BCUT2D eigenvalue weighted by molar-refractivity contribution is -0.385. The van der Waals surface area contributed by atoms with Crippen molar-refractivity contribution in [3.63, 3.8) is 0 Å². The van der Waals surface area contributed by atoms with Gasteiger partial charge in [0.1, 0.15) is 11.6 Å². The molecular weight excluding hydrogens is 274 g/mol. The van der Waals surface area contributed by atoms with Gasteiger partial charge < -0.3 is 5.32 Å². The van der Waals surface area contributed by atoms with Crippen LogP contribution in [0.4, 0.5) is 11.4 Å². The molecule has 0 aromatic heterocycles. The number of nitrogens with one attached hydrogen (secondary N) is 1. The van der Waals surface area contributed by atoms with Gasteiger partial charge in [-0.15, -0.1) is 0 Å². The third-order valence-corrected chi connectivity index (χ3v) is 4.83. The number of rotatable bonds is 5. The van der Waals surface area contributed by atoms with Crippen LogP contribution in [0.5, 0.6) is 0 Å². The first-order chi connectivity index (χ1) is 9.65. The number of hydrogen-bond acceptors (Lipinski definition) is 5. The Bertz CT molecular complexity index is 542. The van der Waals surface area contributed by atoms with Crippen molar-refractivity contribution in [2.45, 2.75) is 37.5 Å². The largest absolute Gasteiger partial charge is 0.381 e. The molecule has 1 aliphatic carbocycles. The Morgan fingerprint density at radius 3 is 3.00 bits per heavy atom. The lowest BCUT2D eigenvalue weighted by Gasteiger charge is -2.21. The van der Waals surface area contributed by atoms with Gasteiger partial charge in [0.05, 0.1) is 4.92 Å². The molecule has 0 saturated heterocycles. The second-order valence-electron chi connectivity index (χ2n) is 4.78. The molecule has 20 heavy (non-hydrogen) atoms. The molecule has 0 bridgehead atoms. The zero-order chi connectivity index (χ0) is 14.5. The number of nitriles is 1. The molecule has 2 atom stereocenters. The average molecular weight is 291 g/mol. The summed E-state index contributed by atoms with van der Waals surface area (Å²) in [5.74, 6) is 1.08. The van der Waals surface area contributed by atoms with Crippen LogP contribution >= 0.6 is 11.8 Å². The summed E-state index contributed by atoms with van der Waals surface area (Å²) in [5, 5.41) is 23.8. The molecular formula is C14H17N3O2S. The molecule has 1 aromatic rings. The number of hydrogen-bond donors (Lipinski definition) is 1. The summed E-state index contributed by atoms with van der Waals surface area (Å²) in [6.45, 7) is 2.15. The van der Waals surface area contributed by atoms with Crippen molar-refractivity contribution in [3.8, 4) is 6.07 Å². The molecule has 5 nitrogen and oxygen atoms in total. The van der Waals surface area contributed by atoms with Crippen molar-refractivity contribution in [2.24, 2.45) is 0 Å². The van der Waals surface area contributed by atoms with Gasteiger partial charge in [-0.05, 0) is 30.7 Å². The summed E-state index contributed by atoms with van der Waals surface area (Å²) in [7, 11) is 0. The molecule has 1 aliphatic rings. The second kappa shape index (κ2) is 6.62. The Labute approximate surface area is 122 Å².